The van der Waals surface area contributed by atoms with Gasteiger partial charge < -0.3 is 36.8 Å². The Labute approximate surface area is 466 Å². The van der Waals surface area contributed by atoms with Gasteiger partial charge in [0.25, 0.3) is 0 Å². The molecule has 6 aromatic rings. The van der Waals surface area contributed by atoms with Crippen LogP contribution in [0.15, 0.2) is 102 Å². The van der Waals surface area contributed by atoms with E-state index < -0.39 is 37.8 Å². The van der Waals surface area contributed by atoms with E-state index in [0.29, 0.717) is 13.2 Å². The lowest BCUT2D eigenvalue weighted by atomic mass is 9.49. The van der Waals surface area contributed by atoms with Crippen molar-refractivity contribution in [1.29, 1.82) is 0 Å². The van der Waals surface area contributed by atoms with E-state index in [0.717, 1.165) is 48.7 Å². The first kappa shape index (κ1) is 60.3. The van der Waals surface area contributed by atoms with E-state index in [4.69, 9.17) is 36.8 Å². The number of hydrogen-bond donors (Lipinski definition) is 0. The zero-order chi connectivity index (χ0) is 56.5. The predicted molar refractivity (Wildman–Crippen MR) is 322 cm³/mol. The summed E-state index contributed by atoms with van der Waals surface area (Å²) in [5.41, 5.74) is 5.37. The number of aromatic nitrogens is 4. The van der Waals surface area contributed by atoms with Crippen LogP contribution in [0.1, 0.15) is 136 Å². The second-order valence-electron chi connectivity index (χ2n) is 26.9. The second-order valence-corrected chi connectivity index (χ2v) is 37.4. The van der Waals surface area contributed by atoms with Crippen LogP contribution in [0.3, 0.4) is 0 Å². The van der Waals surface area contributed by atoms with Crippen molar-refractivity contribution in [3.05, 3.63) is 113 Å². The highest BCUT2D eigenvalue weighted by molar-refractivity contribution is 9.10. The second kappa shape index (κ2) is 21.3. The van der Waals surface area contributed by atoms with Gasteiger partial charge in [-0.3, -0.25) is 0 Å². The van der Waals surface area contributed by atoms with Crippen LogP contribution in [-0.4, -0.2) is 90.9 Å². The first-order valence-corrected chi connectivity index (χ1v) is 33.5. The maximum Gasteiger partial charge on any atom is 0.494 e. The molecule has 4 aromatic carbocycles. The summed E-state index contributed by atoms with van der Waals surface area (Å²) in [6.45, 7) is 48.5. The molecule has 0 spiro atoms. The van der Waals surface area contributed by atoms with Crippen LogP contribution in [0, 0.1) is 0 Å². The quantitative estimate of drug-likeness (QED) is 0.123. The smallest absolute Gasteiger partial charge is 0.413 e. The van der Waals surface area contributed by atoms with Crippen molar-refractivity contribution in [1.82, 2.24) is 19.6 Å². The first-order chi connectivity index (χ1) is 34.8. The summed E-state index contributed by atoms with van der Waals surface area (Å²) < 4.78 is 54.2. The molecule has 5 heterocycles. The number of halogens is 1. The fourth-order valence-corrected chi connectivity index (χ4v) is 10.4. The fraction of sp³-hybridized carbons (Fsp3) is 0.552. The fourth-order valence-electron chi connectivity index (χ4n) is 8.08. The molecule has 76 heavy (non-hydrogen) atoms. The standard InChI is InChI=1S/C26H37BN2O3Si.C20H25BrN2OSi.C12H24B2O4/c1-24(2,3)33(8,9)30-18-19-11-10-12-22(15-19)29-23-16-21(14-13-20(23)17-28-29)27-31-25(4,5)26(6,7)32-27;1-20(2,3)25(4,5)24-14-15-7-6-8-18(11-15)23-19-12-17(21)10-9-16(19)13-22-23;1-9(2)10(3,4)16-13(15-9)14-17-11(5,6)12(7,8)18-14/h10-17H,18H2,1-9H3;6-13H,14H2,1-5H3;1-8H3. The minimum atomic E-state index is -1.81. The minimum Gasteiger partial charge on any atom is -0.413 e. The number of rotatable bonds is 10. The molecule has 0 aliphatic carbocycles. The average Bonchev–Trinajstić information content (AvgIpc) is 4.07. The summed E-state index contributed by atoms with van der Waals surface area (Å²) in [6.07, 6.45) is 3.81. The lowest BCUT2D eigenvalue weighted by Gasteiger charge is -2.36. The Morgan fingerprint density at radius 3 is 1.22 bits per heavy atom. The van der Waals surface area contributed by atoms with Gasteiger partial charge in [-0.1, -0.05) is 99.9 Å². The molecular weight excluding hydrogens is 1050 g/mol. The Hall–Kier alpha value is -3.39. The highest BCUT2D eigenvalue weighted by atomic mass is 79.9. The van der Waals surface area contributed by atoms with Crippen molar-refractivity contribution in [2.75, 3.05) is 0 Å². The van der Waals surface area contributed by atoms with Crippen LogP contribution < -0.4 is 5.46 Å². The topological polar surface area (TPSA) is 109 Å². The number of fused-ring (bicyclic) bond motifs is 2. The van der Waals surface area contributed by atoms with Crippen molar-refractivity contribution in [2.45, 2.75) is 208 Å². The van der Waals surface area contributed by atoms with E-state index in [1.807, 2.05) is 83.2 Å². The molecule has 410 valence electrons. The van der Waals surface area contributed by atoms with Crippen molar-refractivity contribution in [3.8, 4) is 11.4 Å². The highest BCUT2D eigenvalue weighted by Crippen LogP contribution is 2.44. The van der Waals surface area contributed by atoms with Gasteiger partial charge in [0.1, 0.15) is 0 Å². The maximum atomic E-state index is 6.44. The Kier molecular flexibility index (Phi) is 16.8. The molecule has 3 saturated heterocycles. The summed E-state index contributed by atoms with van der Waals surface area (Å²) in [4.78, 5) is 0. The van der Waals surface area contributed by atoms with E-state index in [9.17, 15) is 0 Å². The molecule has 0 amide bonds. The summed E-state index contributed by atoms with van der Waals surface area (Å²) >= 11 is 3.55. The van der Waals surface area contributed by atoms with Gasteiger partial charge in [-0.2, -0.15) is 10.2 Å². The molecule has 3 aliphatic heterocycles. The van der Waals surface area contributed by atoms with Crippen molar-refractivity contribution < 1.29 is 36.8 Å². The number of benzene rings is 4. The maximum absolute atomic E-state index is 6.44. The molecule has 18 heteroatoms. The van der Waals surface area contributed by atoms with Crippen LogP contribution in [-0.2, 0) is 50.0 Å². The Morgan fingerprint density at radius 1 is 0.487 bits per heavy atom. The lowest BCUT2D eigenvalue weighted by molar-refractivity contribution is 0.00578. The van der Waals surface area contributed by atoms with E-state index in [2.05, 4.69) is 200 Å². The molecule has 3 aliphatic rings. The van der Waals surface area contributed by atoms with Crippen LogP contribution in [0.5, 0.6) is 0 Å². The van der Waals surface area contributed by atoms with Crippen LogP contribution in [0.2, 0.25) is 36.3 Å². The van der Waals surface area contributed by atoms with E-state index in [1.54, 1.807) is 0 Å². The Morgan fingerprint density at radius 2 is 0.842 bits per heavy atom. The predicted octanol–water partition coefficient (Wildman–Crippen LogP) is 14.4. The van der Waals surface area contributed by atoms with Gasteiger partial charge in [0.15, 0.2) is 16.6 Å². The normalized spacial score (nSPS) is 19.7. The Bertz CT molecular complexity index is 2930. The van der Waals surface area contributed by atoms with Gasteiger partial charge in [-0.05, 0) is 178 Å². The summed E-state index contributed by atoms with van der Waals surface area (Å²) in [6, 6.07) is 29.4. The third kappa shape index (κ3) is 12.8. The molecule has 0 atom stereocenters. The molecule has 2 aromatic heterocycles. The molecular formula is C58H86B3BrN4O8Si2. The zero-order valence-electron chi connectivity index (χ0n) is 49.8. The highest BCUT2D eigenvalue weighted by Gasteiger charge is 2.64. The summed E-state index contributed by atoms with van der Waals surface area (Å²) in [5, 5.41) is 11.9. The van der Waals surface area contributed by atoms with Gasteiger partial charge in [0.2, 0.25) is 0 Å². The van der Waals surface area contributed by atoms with Crippen molar-refractivity contribution in [3.63, 3.8) is 0 Å². The Balaban J connectivity index is 0.000000174. The van der Waals surface area contributed by atoms with Crippen LogP contribution in [0.25, 0.3) is 33.2 Å². The lowest BCUT2D eigenvalue weighted by Crippen LogP contribution is -2.41. The van der Waals surface area contributed by atoms with Crippen LogP contribution in [0.4, 0.5) is 0 Å². The van der Waals surface area contributed by atoms with E-state index >= 15 is 0 Å². The van der Waals surface area contributed by atoms with Gasteiger partial charge in [0.05, 0.1) is 81.6 Å². The van der Waals surface area contributed by atoms with Gasteiger partial charge in [0, 0.05) is 15.2 Å². The first-order valence-electron chi connectivity index (χ1n) is 26.9. The monoisotopic (exact) mass is 1130 g/mol. The summed E-state index contributed by atoms with van der Waals surface area (Å²) in [5.74, 6) is 0. The molecule has 3 fully saturated rings. The molecule has 0 N–H and O–H groups in total. The van der Waals surface area contributed by atoms with E-state index in [-0.39, 0.29) is 43.7 Å². The molecule has 0 bridgehead atoms. The molecule has 9 rings (SSSR count). The van der Waals surface area contributed by atoms with E-state index in [1.165, 1.54) is 5.56 Å². The van der Waals surface area contributed by atoms with Gasteiger partial charge >= 0.3 is 21.1 Å². The van der Waals surface area contributed by atoms with Gasteiger partial charge in [-0.25, -0.2) is 9.36 Å². The molecule has 0 unspecified atom stereocenters. The van der Waals surface area contributed by atoms with Crippen LogP contribution >= 0.6 is 15.9 Å². The molecule has 0 radical (unpaired) electrons. The van der Waals surface area contributed by atoms with Crippen molar-refractivity contribution >= 4 is 81.0 Å². The third-order valence-electron chi connectivity index (χ3n) is 17.5. The third-order valence-corrected chi connectivity index (χ3v) is 27.0. The minimum absolute atomic E-state index is 0.187. The molecule has 0 saturated carbocycles. The largest absolute Gasteiger partial charge is 0.494 e. The summed E-state index contributed by atoms with van der Waals surface area (Å²) in [7, 11) is -4.91. The number of nitrogens with zero attached hydrogens (tertiary/aromatic N) is 4. The zero-order valence-corrected chi connectivity index (χ0v) is 53.4. The van der Waals surface area contributed by atoms with Crippen molar-refractivity contribution in [2.24, 2.45) is 0 Å². The van der Waals surface area contributed by atoms with Gasteiger partial charge in [-0.15, -0.1) is 0 Å². The number of hydrogen-bond acceptors (Lipinski definition) is 10. The average molecular weight is 1140 g/mol. The molecule has 12 nitrogen and oxygen atoms in total. The SMILES string of the molecule is CC(C)(C)[Si](C)(C)OCc1cccc(-n2ncc3ccc(Br)cc32)c1.CC1(C)OB(B2OC(C)(C)C(C)(C)O2)OC1(C)C.CC1(C)OB(c2ccc3cnn(-c4cccc(CO[Si](C)(C)C(C)(C)C)c4)c3c2)OC1(C)C.